The molecule has 0 N–H and O–H groups in total. The smallest absolute Gasteiger partial charge is 0.306 e. The standard InChI is InChI=1S/C48H82O6/c1-4-7-10-13-16-19-21-23-25-26-29-32-35-38-41-47(50)53-44-45(43-52-46(49)40-37-34-31-28-18-15-12-9-6-3)54-48(51)42-39-36-33-30-27-24-22-20-17-14-11-8-5-2/h8,11,14,17,20,22,24,27,30,33,45H,4-7,9-10,12-13,15-16,18-19,21,23,25-26,28-29,31-32,34-44H2,1-3H3/b11-8-,17-14-,22-20-,27-24-,33-30-. The van der Waals surface area contributed by atoms with Crippen LogP contribution in [0.2, 0.25) is 0 Å². The molecule has 0 aromatic rings. The van der Waals surface area contributed by atoms with E-state index in [0.717, 1.165) is 51.4 Å². The molecule has 0 saturated carbocycles. The summed E-state index contributed by atoms with van der Waals surface area (Å²) in [6.45, 7) is 6.40. The molecule has 0 radical (unpaired) electrons. The largest absolute Gasteiger partial charge is 0.462 e. The molecular formula is C48H82O6. The molecular weight excluding hydrogens is 673 g/mol. The Labute approximate surface area is 332 Å². The molecule has 0 amide bonds. The minimum Gasteiger partial charge on any atom is -0.462 e. The molecule has 0 aliphatic carbocycles. The van der Waals surface area contributed by atoms with Crippen molar-refractivity contribution in [3.63, 3.8) is 0 Å². The van der Waals surface area contributed by atoms with Crippen molar-refractivity contribution in [2.24, 2.45) is 0 Å². The van der Waals surface area contributed by atoms with Gasteiger partial charge in [-0.25, -0.2) is 0 Å². The zero-order valence-corrected chi connectivity index (χ0v) is 35.2. The second-order valence-electron chi connectivity index (χ2n) is 14.7. The van der Waals surface area contributed by atoms with E-state index in [2.05, 4.69) is 26.8 Å². The van der Waals surface area contributed by atoms with Crippen LogP contribution < -0.4 is 0 Å². The molecule has 54 heavy (non-hydrogen) atoms. The zero-order chi connectivity index (χ0) is 39.4. The van der Waals surface area contributed by atoms with Gasteiger partial charge >= 0.3 is 17.9 Å². The topological polar surface area (TPSA) is 78.9 Å². The van der Waals surface area contributed by atoms with Gasteiger partial charge in [0.1, 0.15) is 13.2 Å². The number of hydrogen-bond donors (Lipinski definition) is 0. The predicted octanol–water partition coefficient (Wildman–Crippen LogP) is 14.1. The van der Waals surface area contributed by atoms with Crippen LogP contribution in [0.25, 0.3) is 0 Å². The van der Waals surface area contributed by atoms with E-state index >= 15 is 0 Å². The maximum absolute atomic E-state index is 12.7. The Kier molecular flexibility index (Phi) is 40.6. The van der Waals surface area contributed by atoms with E-state index in [-0.39, 0.29) is 37.5 Å². The summed E-state index contributed by atoms with van der Waals surface area (Å²) >= 11 is 0. The lowest BCUT2D eigenvalue weighted by atomic mass is 10.0. The fourth-order valence-electron chi connectivity index (χ4n) is 6.06. The van der Waals surface area contributed by atoms with Crippen LogP contribution in [-0.2, 0) is 28.6 Å². The molecule has 0 fully saturated rings. The second-order valence-corrected chi connectivity index (χ2v) is 14.7. The highest BCUT2D eigenvalue weighted by Crippen LogP contribution is 2.14. The molecule has 0 heterocycles. The van der Waals surface area contributed by atoms with Crippen LogP contribution in [0.3, 0.4) is 0 Å². The predicted molar refractivity (Wildman–Crippen MR) is 228 cm³/mol. The average Bonchev–Trinajstić information content (AvgIpc) is 3.17. The van der Waals surface area contributed by atoms with Gasteiger partial charge in [0, 0.05) is 19.3 Å². The van der Waals surface area contributed by atoms with E-state index in [4.69, 9.17) is 14.2 Å². The lowest BCUT2D eigenvalue weighted by Crippen LogP contribution is -2.30. The average molecular weight is 755 g/mol. The van der Waals surface area contributed by atoms with Crippen molar-refractivity contribution in [3.8, 4) is 0 Å². The molecule has 6 heteroatoms. The van der Waals surface area contributed by atoms with Gasteiger partial charge < -0.3 is 14.2 Å². The highest BCUT2D eigenvalue weighted by molar-refractivity contribution is 5.71. The summed E-state index contributed by atoms with van der Waals surface area (Å²) in [4.78, 5) is 37.6. The first kappa shape index (κ1) is 51.1. The molecule has 0 aromatic carbocycles. The van der Waals surface area contributed by atoms with Crippen LogP contribution in [-0.4, -0.2) is 37.2 Å². The van der Waals surface area contributed by atoms with Crippen molar-refractivity contribution < 1.29 is 28.6 Å². The zero-order valence-electron chi connectivity index (χ0n) is 35.2. The number of esters is 3. The minimum absolute atomic E-state index is 0.100. The van der Waals surface area contributed by atoms with Crippen molar-refractivity contribution in [1.29, 1.82) is 0 Å². The Morgan fingerprint density at radius 3 is 1.11 bits per heavy atom. The first-order valence-corrected chi connectivity index (χ1v) is 22.4. The van der Waals surface area contributed by atoms with Gasteiger partial charge in [-0.2, -0.15) is 0 Å². The first-order chi connectivity index (χ1) is 26.5. The monoisotopic (exact) mass is 755 g/mol. The molecule has 0 aromatic heterocycles. The SMILES string of the molecule is CC\C=C/C=C\C=C/C=C\C=C/CCCC(=O)OC(COC(=O)CCCCCCCCCCC)COC(=O)CCCCCCCCCCCCCCCC. The summed E-state index contributed by atoms with van der Waals surface area (Å²) in [6.07, 6.45) is 50.7. The van der Waals surface area contributed by atoms with Gasteiger partial charge in [0.25, 0.3) is 0 Å². The van der Waals surface area contributed by atoms with Crippen LogP contribution in [0.1, 0.15) is 207 Å². The third kappa shape index (κ3) is 40.3. The number of allylic oxidation sites excluding steroid dienone is 10. The second kappa shape index (κ2) is 42.8. The molecule has 0 saturated heterocycles. The normalized spacial score (nSPS) is 12.6. The maximum Gasteiger partial charge on any atom is 0.306 e. The molecule has 0 bridgehead atoms. The molecule has 1 unspecified atom stereocenters. The van der Waals surface area contributed by atoms with Gasteiger partial charge in [-0.1, -0.05) is 216 Å². The van der Waals surface area contributed by atoms with Gasteiger partial charge in [0.05, 0.1) is 0 Å². The van der Waals surface area contributed by atoms with E-state index < -0.39 is 6.10 Å². The first-order valence-electron chi connectivity index (χ1n) is 22.4. The van der Waals surface area contributed by atoms with E-state index in [1.807, 2.05) is 54.7 Å². The number of hydrogen-bond acceptors (Lipinski definition) is 6. The minimum atomic E-state index is -0.804. The Bertz CT molecular complexity index is 1010. The molecule has 0 aliphatic heterocycles. The Morgan fingerprint density at radius 2 is 0.722 bits per heavy atom. The maximum atomic E-state index is 12.7. The van der Waals surface area contributed by atoms with Crippen LogP contribution in [0.5, 0.6) is 0 Å². The van der Waals surface area contributed by atoms with Gasteiger partial charge in [0.15, 0.2) is 6.10 Å². The van der Waals surface area contributed by atoms with Crippen LogP contribution >= 0.6 is 0 Å². The third-order valence-corrected chi connectivity index (χ3v) is 9.41. The molecule has 0 rings (SSSR count). The van der Waals surface area contributed by atoms with Crippen LogP contribution in [0.4, 0.5) is 0 Å². The fraction of sp³-hybridized carbons (Fsp3) is 0.729. The quantitative estimate of drug-likeness (QED) is 0.0269. The van der Waals surface area contributed by atoms with Crippen molar-refractivity contribution in [2.45, 2.75) is 213 Å². The highest BCUT2D eigenvalue weighted by Gasteiger charge is 2.19. The third-order valence-electron chi connectivity index (χ3n) is 9.41. The van der Waals surface area contributed by atoms with E-state index in [1.54, 1.807) is 0 Å². The summed E-state index contributed by atoms with van der Waals surface area (Å²) in [7, 11) is 0. The summed E-state index contributed by atoms with van der Waals surface area (Å²) in [5, 5.41) is 0. The number of rotatable bonds is 39. The number of carbonyl (C=O) groups is 3. The van der Waals surface area contributed by atoms with Crippen molar-refractivity contribution >= 4 is 17.9 Å². The molecule has 310 valence electrons. The highest BCUT2D eigenvalue weighted by atomic mass is 16.6. The van der Waals surface area contributed by atoms with Gasteiger partial charge in [-0.15, -0.1) is 0 Å². The number of ether oxygens (including phenoxy) is 3. The van der Waals surface area contributed by atoms with E-state index in [9.17, 15) is 14.4 Å². The molecule has 0 spiro atoms. The van der Waals surface area contributed by atoms with Crippen LogP contribution in [0.15, 0.2) is 60.8 Å². The summed E-state index contributed by atoms with van der Waals surface area (Å²) in [6, 6.07) is 0. The Balaban J connectivity index is 4.46. The number of carbonyl (C=O) groups excluding carboxylic acids is 3. The van der Waals surface area contributed by atoms with Gasteiger partial charge in [-0.05, 0) is 32.1 Å². The summed E-state index contributed by atoms with van der Waals surface area (Å²) in [5.74, 6) is -0.979. The molecule has 0 aliphatic rings. The van der Waals surface area contributed by atoms with Crippen molar-refractivity contribution in [3.05, 3.63) is 60.8 Å². The van der Waals surface area contributed by atoms with E-state index in [0.29, 0.717) is 19.3 Å². The van der Waals surface area contributed by atoms with Gasteiger partial charge in [-0.3, -0.25) is 14.4 Å². The Morgan fingerprint density at radius 1 is 0.389 bits per heavy atom. The summed E-state index contributed by atoms with van der Waals surface area (Å²) in [5.41, 5.74) is 0. The number of unbranched alkanes of at least 4 members (excludes halogenated alkanes) is 22. The lowest BCUT2D eigenvalue weighted by molar-refractivity contribution is -0.167. The lowest BCUT2D eigenvalue weighted by Gasteiger charge is -2.18. The Hall–Kier alpha value is -2.89. The van der Waals surface area contributed by atoms with E-state index in [1.165, 1.54) is 109 Å². The van der Waals surface area contributed by atoms with Crippen LogP contribution in [0, 0.1) is 0 Å². The fourth-order valence-corrected chi connectivity index (χ4v) is 6.06. The van der Waals surface area contributed by atoms with Crippen molar-refractivity contribution in [2.75, 3.05) is 13.2 Å². The molecule has 1 atom stereocenters. The van der Waals surface area contributed by atoms with Crippen molar-refractivity contribution in [1.82, 2.24) is 0 Å². The van der Waals surface area contributed by atoms with Gasteiger partial charge in [0.2, 0.25) is 0 Å². The summed E-state index contributed by atoms with van der Waals surface area (Å²) < 4.78 is 16.6. The molecule has 6 nitrogen and oxygen atoms in total.